The second-order valence-corrected chi connectivity index (χ2v) is 8.30. The lowest BCUT2D eigenvalue weighted by molar-refractivity contribution is -0.135. The van der Waals surface area contributed by atoms with Crippen LogP contribution in [0.3, 0.4) is 0 Å². The first-order valence-electron chi connectivity index (χ1n) is 11.1. The number of ether oxygens (including phenoxy) is 2. The lowest BCUT2D eigenvalue weighted by atomic mass is 9.95. The molecule has 1 fully saturated rings. The van der Waals surface area contributed by atoms with E-state index < -0.39 is 11.4 Å². The number of amides is 1. The van der Waals surface area contributed by atoms with E-state index in [0.717, 1.165) is 37.7 Å². The van der Waals surface area contributed by atoms with Crippen LogP contribution in [0.2, 0.25) is 0 Å². The maximum atomic E-state index is 13.6. The number of benzene rings is 2. The van der Waals surface area contributed by atoms with Crippen molar-refractivity contribution in [1.29, 1.82) is 0 Å². The van der Waals surface area contributed by atoms with Crippen molar-refractivity contribution in [2.24, 2.45) is 0 Å². The molecule has 7 nitrogen and oxygen atoms in total. The van der Waals surface area contributed by atoms with Crippen molar-refractivity contribution in [1.82, 2.24) is 14.5 Å². The Balaban J connectivity index is 1.47. The van der Waals surface area contributed by atoms with E-state index in [1.807, 2.05) is 23.1 Å². The molecular weight excluding hydrogens is 425 g/mol. The van der Waals surface area contributed by atoms with Gasteiger partial charge in [0.25, 0.3) is 5.56 Å². The van der Waals surface area contributed by atoms with E-state index >= 15 is 0 Å². The lowest BCUT2D eigenvalue weighted by Crippen LogP contribution is -2.46. The monoisotopic (exact) mass is 453 g/mol. The second-order valence-electron chi connectivity index (χ2n) is 8.30. The summed E-state index contributed by atoms with van der Waals surface area (Å²) in [6, 6.07) is 9.86. The van der Waals surface area contributed by atoms with Crippen molar-refractivity contribution in [2.45, 2.75) is 44.7 Å². The first-order valence-corrected chi connectivity index (χ1v) is 11.1. The van der Waals surface area contributed by atoms with Gasteiger partial charge in [-0.3, -0.25) is 14.2 Å². The maximum Gasteiger partial charge on any atom is 0.261 e. The van der Waals surface area contributed by atoms with Crippen molar-refractivity contribution in [3.05, 3.63) is 64.5 Å². The van der Waals surface area contributed by atoms with Crippen LogP contribution >= 0.6 is 0 Å². The summed E-state index contributed by atoms with van der Waals surface area (Å²) < 4.78 is 25.6. The molecule has 2 heterocycles. The molecule has 174 valence electrons. The van der Waals surface area contributed by atoms with E-state index in [2.05, 4.69) is 4.98 Å². The van der Waals surface area contributed by atoms with Gasteiger partial charge in [0.15, 0.2) is 11.5 Å². The summed E-state index contributed by atoms with van der Waals surface area (Å²) in [6.45, 7) is 0.560. The van der Waals surface area contributed by atoms with Crippen LogP contribution in [0.25, 0.3) is 10.9 Å². The molecule has 8 heteroatoms. The molecule has 1 saturated heterocycles. The molecule has 2 aromatic carbocycles. The minimum absolute atomic E-state index is 0.0981. The average molecular weight is 454 g/mol. The Morgan fingerprint density at radius 2 is 1.94 bits per heavy atom. The number of aryl methyl sites for hydroxylation is 1. The van der Waals surface area contributed by atoms with Gasteiger partial charge in [-0.15, -0.1) is 0 Å². The van der Waals surface area contributed by atoms with Crippen molar-refractivity contribution < 1.29 is 18.7 Å². The molecule has 0 saturated carbocycles. The van der Waals surface area contributed by atoms with Crippen LogP contribution in [0, 0.1) is 5.82 Å². The summed E-state index contributed by atoms with van der Waals surface area (Å²) in [4.78, 5) is 32.0. The van der Waals surface area contributed by atoms with Gasteiger partial charge in [0.05, 0.1) is 31.4 Å². The summed E-state index contributed by atoms with van der Waals surface area (Å²) in [5, 5.41) is 0.175. The van der Waals surface area contributed by atoms with Gasteiger partial charge in [0.1, 0.15) is 12.4 Å². The van der Waals surface area contributed by atoms with E-state index in [1.54, 1.807) is 14.2 Å². The molecule has 1 amide bonds. The first-order chi connectivity index (χ1) is 16.0. The molecule has 1 aliphatic heterocycles. The number of carbonyl (C=O) groups excluding carboxylic acids is 1. The molecule has 0 radical (unpaired) electrons. The molecule has 1 aliphatic rings. The molecule has 3 aromatic rings. The molecule has 0 N–H and O–H groups in total. The molecule has 1 aromatic heterocycles. The largest absolute Gasteiger partial charge is 0.493 e. The highest BCUT2D eigenvalue weighted by atomic mass is 19.1. The number of aromatic nitrogens is 2. The average Bonchev–Trinajstić information content (AvgIpc) is 2.84. The van der Waals surface area contributed by atoms with E-state index in [-0.39, 0.29) is 23.9 Å². The number of hydrogen-bond acceptors (Lipinski definition) is 5. The van der Waals surface area contributed by atoms with Crippen molar-refractivity contribution in [2.75, 3.05) is 20.8 Å². The minimum atomic E-state index is -0.503. The molecule has 0 spiro atoms. The fourth-order valence-electron chi connectivity index (χ4n) is 4.48. The van der Waals surface area contributed by atoms with E-state index in [1.165, 1.54) is 29.1 Å². The number of likely N-dealkylation sites (tertiary alicyclic amines) is 1. The third-order valence-electron chi connectivity index (χ3n) is 6.25. The Kier molecular flexibility index (Phi) is 6.91. The second kappa shape index (κ2) is 10.0. The van der Waals surface area contributed by atoms with Crippen LogP contribution in [0.1, 0.15) is 31.2 Å². The van der Waals surface area contributed by atoms with Crippen LogP contribution in [0.15, 0.2) is 47.5 Å². The van der Waals surface area contributed by atoms with Gasteiger partial charge in [-0.2, -0.15) is 0 Å². The fraction of sp³-hybridized carbons (Fsp3) is 0.400. The molecule has 0 bridgehead atoms. The Hall–Kier alpha value is -3.42. The summed E-state index contributed by atoms with van der Waals surface area (Å²) in [5.74, 6) is 0.750. The quantitative estimate of drug-likeness (QED) is 0.547. The van der Waals surface area contributed by atoms with Crippen LogP contribution in [-0.2, 0) is 17.8 Å². The predicted molar refractivity (Wildman–Crippen MR) is 123 cm³/mol. The summed E-state index contributed by atoms with van der Waals surface area (Å²) in [6.07, 6.45) is 5.91. The lowest BCUT2D eigenvalue weighted by Gasteiger charge is -2.36. The molecule has 1 unspecified atom stereocenters. The Morgan fingerprint density at radius 3 is 2.73 bits per heavy atom. The summed E-state index contributed by atoms with van der Waals surface area (Å²) in [5.41, 5.74) is 1.12. The molecular formula is C25H28FN3O4. The number of hydrogen-bond donors (Lipinski definition) is 0. The number of halogens is 1. The van der Waals surface area contributed by atoms with Gasteiger partial charge in [0, 0.05) is 12.6 Å². The standard InChI is InChI=1S/C25H28FN3O4/c1-32-22-11-7-17(13-23(22)33-2)6-9-19-5-3-4-12-29(19)24(30)15-28-16-27-21-10-8-18(26)14-20(21)25(28)31/h7-8,10-11,13-14,16,19H,3-6,9,12,15H2,1-2H3. The Bertz CT molecular complexity index is 1210. The third kappa shape index (κ3) is 4.99. The minimum Gasteiger partial charge on any atom is -0.493 e. The zero-order valence-electron chi connectivity index (χ0n) is 18.9. The number of nitrogens with zero attached hydrogens (tertiary/aromatic N) is 3. The maximum absolute atomic E-state index is 13.6. The molecule has 33 heavy (non-hydrogen) atoms. The number of rotatable bonds is 7. The number of methoxy groups -OCH3 is 2. The van der Waals surface area contributed by atoms with Crippen LogP contribution in [-0.4, -0.2) is 47.2 Å². The highest BCUT2D eigenvalue weighted by Crippen LogP contribution is 2.29. The van der Waals surface area contributed by atoms with Gasteiger partial charge in [-0.25, -0.2) is 9.37 Å². The SMILES string of the molecule is COc1ccc(CCC2CCCCN2C(=O)Cn2cnc3ccc(F)cc3c2=O)cc1OC. The number of fused-ring (bicyclic) bond motifs is 1. The normalized spacial score (nSPS) is 16.1. The molecule has 4 rings (SSSR count). The van der Waals surface area contributed by atoms with Crippen molar-refractivity contribution >= 4 is 16.8 Å². The predicted octanol–water partition coefficient (Wildman–Crippen LogP) is 3.57. The van der Waals surface area contributed by atoms with Gasteiger partial charge in [0.2, 0.25) is 5.91 Å². The third-order valence-corrected chi connectivity index (χ3v) is 6.25. The Morgan fingerprint density at radius 1 is 1.12 bits per heavy atom. The highest BCUT2D eigenvalue weighted by Gasteiger charge is 2.27. The highest BCUT2D eigenvalue weighted by molar-refractivity contribution is 5.79. The van der Waals surface area contributed by atoms with E-state index in [4.69, 9.17) is 9.47 Å². The number of carbonyl (C=O) groups is 1. The Labute approximate surface area is 191 Å². The molecule has 0 aliphatic carbocycles. The van der Waals surface area contributed by atoms with Gasteiger partial charge in [-0.1, -0.05) is 6.07 Å². The van der Waals surface area contributed by atoms with Crippen molar-refractivity contribution in [3.8, 4) is 11.5 Å². The van der Waals surface area contributed by atoms with Crippen LogP contribution in [0.4, 0.5) is 4.39 Å². The van der Waals surface area contributed by atoms with E-state index in [9.17, 15) is 14.0 Å². The summed E-state index contributed by atoms with van der Waals surface area (Å²) >= 11 is 0. The van der Waals surface area contributed by atoms with Gasteiger partial charge < -0.3 is 14.4 Å². The van der Waals surface area contributed by atoms with Gasteiger partial charge in [-0.05, 0) is 68.0 Å². The smallest absolute Gasteiger partial charge is 0.261 e. The van der Waals surface area contributed by atoms with Crippen molar-refractivity contribution in [3.63, 3.8) is 0 Å². The number of piperidine rings is 1. The van der Waals surface area contributed by atoms with Gasteiger partial charge >= 0.3 is 0 Å². The van der Waals surface area contributed by atoms with E-state index in [0.29, 0.717) is 23.6 Å². The zero-order chi connectivity index (χ0) is 23.4. The van der Waals surface area contributed by atoms with Crippen LogP contribution < -0.4 is 15.0 Å². The molecule has 1 atom stereocenters. The van der Waals surface area contributed by atoms with Crippen LogP contribution in [0.5, 0.6) is 11.5 Å². The fourth-order valence-corrected chi connectivity index (χ4v) is 4.48. The topological polar surface area (TPSA) is 73.7 Å². The summed E-state index contributed by atoms with van der Waals surface area (Å²) in [7, 11) is 3.22. The zero-order valence-corrected chi connectivity index (χ0v) is 18.9. The first kappa shape index (κ1) is 22.8.